The molecule has 0 spiro atoms. The Labute approximate surface area is 143 Å². The van der Waals surface area contributed by atoms with Crippen LogP contribution in [-0.2, 0) is 19.1 Å². The zero-order valence-electron chi connectivity index (χ0n) is 14.6. The molecule has 4 amide bonds. The molecule has 0 aromatic rings. The van der Waals surface area contributed by atoms with Gasteiger partial charge in [-0.05, 0) is 19.3 Å². The van der Waals surface area contributed by atoms with E-state index < -0.39 is 23.8 Å². The highest BCUT2D eigenvalue weighted by atomic mass is 16.5. The first-order chi connectivity index (χ1) is 11.5. The number of imide groups is 2. The van der Waals surface area contributed by atoms with E-state index in [9.17, 15) is 19.2 Å². The normalized spacial score (nSPS) is 16.1. The van der Waals surface area contributed by atoms with Crippen molar-refractivity contribution in [3.8, 4) is 0 Å². The molecule has 7 heteroatoms. The van der Waals surface area contributed by atoms with Gasteiger partial charge in [0.05, 0.1) is 6.42 Å². The number of nitrogens with zero attached hydrogens (tertiary/aromatic N) is 1. The van der Waals surface area contributed by atoms with Crippen molar-refractivity contribution in [2.45, 2.75) is 77.7 Å². The topological polar surface area (TPSA) is 92.8 Å². The molecule has 1 saturated heterocycles. The molecule has 0 aromatic heterocycles. The molecule has 1 heterocycles. The average Bonchev–Trinajstić information content (AvgIpc) is 2.52. The van der Waals surface area contributed by atoms with Gasteiger partial charge in [-0.15, -0.1) is 0 Å². The molecule has 1 atom stereocenters. The van der Waals surface area contributed by atoms with Crippen molar-refractivity contribution < 1.29 is 23.9 Å². The van der Waals surface area contributed by atoms with Gasteiger partial charge in [-0.25, -0.2) is 4.79 Å². The lowest BCUT2D eigenvalue weighted by Gasteiger charge is -2.24. The van der Waals surface area contributed by atoms with Gasteiger partial charge in [-0.3, -0.25) is 24.6 Å². The van der Waals surface area contributed by atoms with Crippen LogP contribution in [0.2, 0.25) is 0 Å². The molecule has 1 unspecified atom stereocenters. The van der Waals surface area contributed by atoms with Crippen LogP contribution in [0.5, 0.6) is 0 Å². The monoisotopic (exact) mass is 340 g/mol. The van der Waals surface area contributed by atoms with E-state index in [2.05, 4.69) is 12.2 Å². The first kappa shape index (κ1) is 20.1. The number of carbonyl (C=O) groups is 4. The smallest absolute Gasteiger partial charge is 0.330 e. The molecule has 24 heavy (non-hydrogen) atoms. The summed E-state index contributed by atoms with van der Waals surface area (Å²) in [7, 11) is 0. The summed E-state index contributed by atoms with van der Waals surface area (Å²) < 4.78 is 5.41. The summed E-state index contributed by atoms with van der Waals surface area (Å²) >= 11 is 0. The number of urea groups is 1. The molecular weight excluding hydrogens is 312 g/mol. The van der Waals surface area contributed by atoms with E-state index in [0.717, 1.165) is 30.6 Å². The molecule has 0 radical (unpaired) electrons. The number of barbiturate groups is 1. The molecule has 136 valence electrons. The van der Waals surface area contributed by atoms with Gasteiger partial charge in [0.2, 0.25) is 11.8 Å². The summed E-state index contributed by atoms with van der Waals surface area (Å²) in [6, 6.07) is -0.771. The lowest BCUT2D eigenvalue weighted by Crippen LogP contribution is -2.53. The minimum absolute atomic E-state index is 0.0559. The summed E-state index contributed by atoms with van der Waals surface area (Å²) in [6.45, 7) is 4.07. The average molecular weight is 340 g/mol. The highest BCUT2D eigenvalue weighted by Crippen LogP contribution is 2.13. The van der Waals surface area contributed by atoms with Crippen molar-refractivity contribution >= 4 is 23.8 Å². The predicted molar refractivity (Wildman–Crippen MR) is 88.0 cm³/mol. The Morgan fingerprint density at radius 3 is 2.50 bits per heavy atom. The predicted octanol–water partition coefficient (Wildman–Crippen LogP) is 2.53. The second kappa shape index (κ2) is 10.8. The van der Waals surface area contributed by atoms with E-state index in [4.69, 9.17) is 4.74 Å². The van der Waals surface area contributed by atoms with Crippen LogP contribution in [0.15, 0.2) is 0 Å². The summed E-state index contributed by atoms with van der Waals surface area (Å²) in [6.07, 6.45) is 6.83. The molecule has 1 aliphatic heterocycles. The number of unbranched alkanes of at least 4 members (excludes halogenated alkanes) is 4. The molecule has 7 nitrogen and oxygen atoms in total. The minimum atomic E-state index is -0.771. The Morgan fingerprint density at radius 1 is 1.17 bits per heavy atom. The lowest BCUT2D eigenvalue weighted by atomic mass is 10.1. The van der Waals surface area contributed by atoms with Gasteiger partial charge in [-0.1, -0.05) is 39.5 Å². The molecule has 1 aliphatic rings. The number of hydrogen-bond acceptors (Lipinski definition) is 5. The number of hydrogen-bond donors (Lipinski definition) is 1. The maximum absolute atomic E-state index is 11.9. The van der Waals surface area contributed by atoms with Crippen molar-refractivity contribution in [1.29, 1.82) is 0 Å². The van der Waals surface area contributed by atoms with E-state index in [1.807, 2.05) is 6.92 Å². The number of ether oxygens (including phenoxy) is 1. The number of carbonyl (C=O) groups excluding carboxylic acids is 4. The van der Waals surface area contributed by atoms with Gasteiger partial charge in [0.25, 0.3) is 0 Å². The Morgan fingerprint density at radius 2 is 1.88 bits per heavy atom. The minimum Gasteiger partial charge on any atom is -0.462 e. The molecular formula is C17H28N2O5. The van der Waals surface area contributed by atoms with E-state index >= 15 is 0 Å². The van der Waals surface area contributed by atoms with Crippen molar-refractivity contribution in [1.82, 2.24) is 10.2 Å². The largest absolute Gasteiger partial charge is 0.462 e. The maximum atomic E-state index is 11.9. The number of nitrogens with one attached hydrogen (secondary N) is 1. The molecule has 1 N–H and O–H groups in total. The Balaban J connectivity index is 2.29. The maximum Gasteiger partial charge on any atom is 0.330 e. The number of amides is 4. The Bertz CT molecular complexity index is 444. The summed E-state index contributed by atoms with van der Waals surface area (Å²) in [5.74, 6) is -1.62. The highest BCUT2D eigenvalue weighted by molar-refractivity contribution is 6.14. The third-order valence-electron chi connectivity index (χ3n) is 4.03. The summed E-state index contributed by atoms with van der Waals surface area (Å²) in [5.41, 5.74) is 0. The van der Waals surface area contributed by atoms with Crippen LogP contribution in [0.25, 0.3) is 0 Å². The van der Waals surface area contributed by atoms with E-state index in [1.165, 1.54) is 19.3 Å². The second-order valence-electron chi connectivity index (χ2n) is 6.05. The third kappa shape index (κ3) is 7.10. The number of esters is 1. The van der Waals surface area contributed by atoms with E-state index in [-0.39, 0.29) is 25.5 Å². The van der Waals surface area contributed by atoms with Crippen LogP contribution >= 0.6 is 0 Å². The molecule has 0 aromatic carbocycles. The standard InChI is InChI=1S/C17H28N2O5/c1-3-5-6-7-8-9-13(4-2)24-16(22)10-11-19-15(21)12-14(20)18-17(19)23/h13H,3-12H2,1-2H3,(H,18,20,23). The summed E-state index contributed by atoms with van der Waals surface area (Å²) in [5, 5.41) is 2.06. The lowest BCUT2D eigenvalue weighted by molar-refractivity contribution is -0.150. The van der Waals surface area contributed by atoms with Crippen molar-refractivity contribution in [3.05, 3.63) is 0 Å². The summed E-state index contributed by atoms with van der Waals surface area (Å²) in [4.78, 5) is 47.0. The van der Waals surface area contributed by atoms with Gasteiger partial charge in [0.1, 0.15) is 12.5 Å². The van der Waals surface area contributed by atoms with Gasteiger partial charge in [0, 0.05) is 6.54 Å². The van der Waals surface area contributed by atoms with Gasteiger partial charge >= 0.3 is 12.0 Å². The van der Waals surface area contributed by atoms with Crippen LogP contribution in [0.1, 0.15) is 71.6 Å². The van der Waals surface area contributed by atoms with Crippen molar-refractivity contribution in [3.63, 3.8) is 0 Å². The fraction of sp³-hybridized carbons (Fsp3) is 0.765. The SMILES string of the molecule is CCCCCCCC(CC)OC(=O)CCN1C(=O)CC(=O)NC1=O. The molecule has 0 aliphatic carbocycles. The van der Waals surface area contributed by atoms with Gasteiger partial charge < -0.3 is 4.74 Å². The fourth-order valence-electron chi connectivity index (χ4n) is 2.57. The fourth-order valence-corrected chi connectivity index (χ4v) is 2.57. The quantitative estimate of drug-likeness (QED) is 0.354. The molecule has 1 fully saturated rings. The van der Waals surface area contributed by atoms with Gasteiger partial charge in [-0.2, -0.15) is 0 Å². The molecule has 1 rings (SSSR count). The van der Waals surface area contributed by atoms with Crippen LogP contribution in [0.3, 0.4) is 0 Å². The van der Waals surface area contributed by atoms with Crippen LogP contribution < -0.4 is 5.32 Å². The van der Waals surface area contributed by atoms with Crippen molar-refractivity contribution in [2.75, 3.05) is 6.54 Å². The molecule has 0 saturated carbocycles. The van der Waals surface area contributed by atoms with Crippen LogP contribution in [0, 0.1) is 0 Å². The second-order valence-corrected chi connectivity index (χ2v) is 6.05. The highest BCUT2D eigenvalue weighted by Gasteiger charge is 2.31. The number of rotatable bonds is 11. The first-order valence-corrected chi connectivity index (χ1v) is 8.81. The third-order valence-corrected chi connectivity index (χ3v) is 4.03. The van der Waals surface area contributed by atoms with E-state index in [1.54, 1.807) is 0 Å². The van der Waals surface area contributed by atoms with Gasteiger partial charge in [0.15, 0.2) is 0 Å². The van der Waals surface area contributed by atoms with Crippen molar-refractivity contribution in [2.24, 2.45) is 0 Å². The van der Waals surface area contributed by atoms with Crippen LogP contribution in [-0.4, -0.2) is 41.4 Å². The molecule has 0 bridgehead atoms. The van der Waals surface area contributed by atoms with E-state index in [0.29, 0.717) is 0 Å². The van der Waals surface area contributed by atoms with Crippen LogP contribution in [0.4, 0.5) is 4.79 Å². The zero-order valence-corrected chi connectivity index (χ0v) is 14.6. The Kier molecular flexibility index (Phi) is 9.04. The zero-order chi connectivity index (χ0) is 17.9. The first-order valence-electron chi connectivity index (χ1n) is 8.81. The Hall–Kier alpha value is -1.92.